The lowest BCUT2D eigenvalue weighted by atomic mass is 10.2. The highest BCUT2D eigenvalue weighted by atomic mass is 16.6. The Morgan fingerprint density at radius 3 is 2.47 bits per heavy atom. The molecule has 1 aromatic carbocycles. The summed E-state index contributed by atoms with van der Waals surface area (Å²) < 4.78 is 5.60. The lowest BCUT2D eigenvalue weighted by molar-refractivity contribution is 0.0537. The Kier molecular flexibility index (Phi) is 4.47. The first-order chi connectivity index (χ1) is 9.29. The molecule has 5 nitrogen and oxygen atoms in total. The van der Waals surface area contributed by atoms with E-state index < -0.39 is 0 Å². The Bertz CT molecular complexity index is 526. The molecule has 0 bridgehead atoms. The van der Waals surface area contributed by atoms with Gasteiger partial charge in [-0.05, 0) is 42.0 Å². The Morgan fingerprint density at radius 1 is 1.16 bits per heavy atom. The summed E-state index contributed by atoms with van der Waals surface area (Å²) >= 11 is 0. The van der Waals surface area contributed by atoms with Crippen LogP contribution in [0.3, 0.4) is 0 Å². The van der Waals surface area contributed by atoms with Crippen LogP contribution in [0.4, 0.5) is 0 Å². The fraction of sp³-hybridized carbons (Fsp3) is 0.143. The van der Waals surface area contributed by atoms with Gasteiger partial charge in [-0.25, -0.2) is 5.48 Å². The van der Waals surface area contributed by atoms with Crippen LogP contribution in [0.5, 0.6) is 5.75 Å². The van der Waals surface area contributed by atoms with Gasteiger partial charge in [0.2, 0.25) is 0 Å². The largest absolute Gasteiger partial charge is 0.489 e. The summed E-state index contributed by atoms with van der Waals surface area (Å²) in [4.78, 5) is 19.9. The molecule has 98 valence electrons. The Labute approximate surface area is 111 Å². The Morgan fingerprint density at radius 2 is 1.84 bits per heavy atom. The van der Waals surface area contributed by atoms with E-state index >= 15 is 0 Å². The maximum atomic E-state index is 11.5. The van der Waals surface area contributed by atoms with Crippen molar-refractivity contribution in [3.63, 3.8) is 0 Å². The monoisotopic (exact) mass is 258 g/mol. The van der Waals surface area contributed by atoms with Gasteiger partial charge in [0, 0.05) is 18.0 Å². The summed E-state index contributed by atoms with van der Waals surface area (Å²) in [5.41, 5.74) is 3.80. The fourth-order valence-electron chi connectivity index (χ4n) is 1.50. The topological polar surface area (TPSA) is 60.5 Å². The number of nitrogens with one attached hydrogen (secondary N) is 1. The minimum absolute atomic E-state index is 0.289. The van der Waals surface area contributed by atoms with Crippen LogP contribution in [0.25, 0.3) is 0 Å². The average Bonchev–Trinajstić information content (AvgIpc) is 2.47. The van der Waals surface area contributed by atoms with Crippen molar-refractivity contribution in [1.82, 2.24) is 10.5 Å². The summed E-state index contributed by atoms with van der Waals surface area (Å²) in [5, 5.41) is 0. The van der Waals surface area contributed by atoms with Crippen molar-refractivity contribution in [1.29, 1.82) is 0 Å². The average molecular weight is 258 g/mol. The van der Waals surface area contributed by atoms with Gasteiger partial charge in [0.25, 0.3) is 5.91 Å². The van der Waals surface area contributed by atoms with Crippen LogP contribution in [-0.4, -0.2) is 18.0 Å². The van der Waals surface area contributed by atoms with Crippen LogP contribution in [0.2, 0.25) is 0 Å². The van der Waals surface area contributed by atoms with Crippen molar-refractivity contribution in [3.8, 4) is 5.75 Å². The number of carbonyl (C=O) groups excluding carboxylic acids is 1. The van der Waals surface area contributed by atoms with Gasteiger partial charge in [-0.2, -0.15) is 0 Å². The molecule has 2 rings (SSSR count). The van der Waals surface area contributed by atoms with Crippen molar-refractivity contribution in [2.24, 2.45) is 0 Å². The van der Waals surface area contributed by atoms with Crippen molar-refractivity contribution in [2.75, 3.05) is 7.11 Å². The zero-order valence-corrected chi connectivity index (χ0v) is 10.5. The molecule has 5 heteroatoms. The highest BCUT2D eigenvalue weighted by Gasteiger charge is 2.04. The first-order valence-corrected chi connectivity index (χ1v) is 5.74. The van der Waals surface area contributed by atoms with E-state index in [1.165, 1.54) is 7.11 Å². The Hall–Kier alpha value is -2.40. The zero-order chi connectivity index (χ0) is 13.5. The molecule has 19 heavy (non-hydrogen) atoms. The van der Waals surface area contributed by atoms with Crippen molar-refractivity contribution in [3.05, 3.63) is 59.9 Å². The molecule has 0 radical (unpaired) electrons. The van der Waals surface area contributed by atoms with E-state index in [1.54, 1.807) is 36.7 Å². The molecule has 1 aromatic heterocycles. The van der Waals surface area contributed by atoms with Crippen LogP contribution in [0.1, 0.15) is 15.9 Å². The first-order valence-electron chi connectivity index (χ1n) is 5.74. The molecule has 0 aliphatic carbocycles. The third-order valence-electron chi connectivity index (χ3n) is 2.47. The van der Waals surface area contributed by atoms with Crippen LogP contribution >= 0.6 is 0 Å². The van der Waals surface area contributed by atoms with E-state index in [0.717, 1.165) is 5.56 Å². The van der Waals surface area contributed by atoms with Gasteiger partial charge in [0.15, 0.2) is 0 Å². The Balaban J connectivity index is 1.94. The molecular weight excluding hydrogens is 244 g/mol. The van der Waals surface area contributed by atoms with Crippen LogP contribution in [-0.2, 0) is 11.4 Å². The lowest BCUT2D eigenvalue weighted by Gasteiger charge is -2.07. The summed E-state index contributed by atoms with van der Waals surface area (Å²) in [6.07, 6.45) is 3.44. The molecular formula is C14H14N2O3. The second-order valence-electron chi connectivity index (χ2n) is 3.80. The number of amides is 1. The summed E-state index contributed by atoms with van der Waals surface area (Å²) in [5.74, 6) is 0.411. The van der Waals surface area contributed by atoms with Gasteiger partial charge in [-0.3, -0.25) is 14.6 Å². The van der Waals surface area contributed by atoms with Crippen molar-refractivity contribution >= 4 is 5.91 Å². The lowest BCUT2D eigenvalue weighted by Crippen LogP contribution is -2.21. The molecule has 0 saturated carbocycles. The minimum Gasteiger partial charge on any atom is -0.489 e. The van der Waals surface area contributed by atoms with Crippen molar-refractivity contribution < 1.29 is 14.4 Å². The second kappa shape index (κ2) is 6.51. The standard InChI is InChI=1S/C14H14N2O3/c1-18-16-14(17)12-2-4-13(5-3-12)19-10-11-6-8-15-9-7-11/h2-9H,10H2,1H3,(H,16,17). The van der Waals surface area contributed by atoms with E-state index in [2.05, 4.69) is 15.3 Å². The van der Waals surface area contributed by atoms with Crippen LogP contribution < -0.4 is 10.2 Å². The summed E-state index contributed by atoms with van der Waals surface area (Å²) in [6.45, 7) is 0.464. The molecule has 1 heterocycles. The smallest absolute Gasteiger partial charge is 0.274 e. The number of benzene rings is 1. The number of hydrogen-bond acceptors (Lipinski definition) is 4. The van der Waals surface area contributed by atoms with E-state index in [1.807, 2.05) is 12.1 Å². The van der Waals surface area contributed by atoms with E-state index in [0.29, 0.717) is 17.9 Å². The maximum absolute atomic E-state index is 11.5. The summed E-state index contributed by atoms with van der Waals surface area (Å²) in [7, 11) is 1.39. The molecule has 1 amide bonds. The molecule has 0 unspecified atom stereocenters. The van der Waals surface area contributed by atoms with Gasteiger partial charge >= 0.3 is 0 Å². The van der Waals surface area contributed by atoms with Crippen LogP contribution in [0.15, 0.2) is 48.8 Å². The fourth-order valence-corrected chi connectivity index (χ4v) is 1.50. The van der Waals surface area contributed by atoms with Gasteiger partial charge in [-0.15, -0.1) is 0 Å². The number of hydrogen-bond donors (Lipinski definition) is 1. The number of ether oxygens (including phenoxy) is 1. The molecule has 0 aliphatic heterocycles. The van der Waals surface area contributed by atoms with Crippen molar-refractivity contribution in [2.45, 2.75) is 6.61 Å². The molecule has 0 aliphatic rings. The number of aromatic nitrogens is 1. The van der Waals surface area contributed by atoms with Gasteiger partial charge in [0.1, 0.15) is 12.4 Å². The number of carbonyl (C=O) groups is 1. The minimum atomic E-state index is -0.289. The van der Waals surface area contributed by atoms with E-state index in [-0.39, 0.29) is 5.91 Å². The van der Waals surface area contributed by atoms with Gasteiger partial charge < -0.3 is 4.74 Å². The number of rotatable bonds is 5. The predicted molar refractivity (Wildman–Crippen MR) is 69.5 cm³/mol. The number of pyridine rings is 1. The molecule has 0 spiro atoms. The third-order valence-corrected chi connectivity index (χ3v) is 2.47. The summed E-state index contributed by atoms with van der Waals surface area (Å²) in [6, 6.07) is 10.6. The highest BCUT2D eigenvalue weighted by molar-refractivity contribution is 5.93. The van der Waals surface area contributed by atoms with Crippen LogP contribution in [0, 0.1) is 0 Å². The normalized spacial score (nSPS) is 9.95. The molecule has 0 saturated heterocycles. The highest BCUT2D eigenvalue weighted by Crippen LogP contribution is 2.14. The quantitative estimate of drug-likeness (QED) is 0.833. The number of hydroxylamine groups is 1. The third kappa shape index (κ3) is 3.79. The first kappa shape index (κ1) is 13.0. The maximum Gasteiger partial charge on any atom is 0.274 e. The zero-order valence-electron chi connectivity index (χ0n) is 10.5. The predicted octanol–water partition coefficient (Wildman–Crippen LogP) is 1.95. The molecule has 2 aromatic rings. The molecule has 1 N–H and O–H groups in total. The molecule has 0 atom stereocenters. The SMILES string of the molecule is CONC(=O)c1ccc(OCc2ccncc2)cc1. The van der Waals surface area contributed by atoms with E-state index in [4.69, 9.17) is 4.74 Å². The van der Waals surface area contributed by atoms with E-state index in [9.17, 15) is 4.79 Å². The van der Waals surface area contributed by atoms with Gasteiger partial charge in [-0.1, -0.05) is 0 Å². The van der Waals surface area contributed by atoms with Gasteiger partial charge in [0.05, 0.1) is 7.11 Å². The molecule has 0 fully saturated rings. The second-order valence-corrected chi connectivity index (χ2v) is 3.80. The number of nitrogens with zero attached hydrogens (tertiary/aromatic N) is 1.